The third-order valence-corrected chi connectivity index (χ3v) is 4.40. The minimum absolute atomic E-state index is 0.482. The molecule has 122 valence electrons. The van der Waals surface area contributed by atoms with Crippen LogP contribution in [-0.2, 0) is 0 Å². The van der Waals surface area contributed by atoms with Gasteiger partial charge in [0.15, 0.2) is 0 Å². The Morgan fingerprint density at radius 3 is 2.75 bits per heavy atom. The van der Waals surface area contributed by atoms with E-state index in [1.54, 1.807) is 19.4 Å². The maximum Gasteiger partial charge on any atom is 0.228 e. The highest BCUT2D eigenvalue weighted by molar-refractivity contribution is 7.28. The Morgan fingerprint density at radius 1 is 1.12 bits per heavy atom. The quantitative estimate of drug-likeness (QED) is 0.561. The van der Waals surface area contributed by atoms with Crippen molar-refractivity contribution in [1.82, 2.24) is 15.0 Å². The molecule has 3 rings (SSSR count). The lowest BCUT2D eigenvalue weighted by molar-refractivity contribution is 0.462. The molecule has 0 saturated heterocycles. The van der Waals surface area contributed by atoms with Crippen LogP contribution in [0.5, 0.6) is 11.6 Å². The first-order valence-corrected chi connectivity index (χ1v) is 7.96. The number of pyridine rings is 1. The Bertz CT molecular complexity index is 885. The van der Waals surface area contributed by atoms with Crippen LogP contribution >= 0.6 is 9.24 Å². The molecule has 1 unspecified atom stereocenters. The maximum absolute atomic E-state index is 6.04. The number of hydrogen-bond donors (Lipinski definition) is 2. The first kappa shape index (κ1) is 16.1. The Labute approximate surface area is 142 Å². The van der Waals surface area contributed by atoms with Gasteiger partial charge in [-0.1, -0.05) is 0 Å². The molecular formula is C17H18N5OP. The summed E-state index contributed by atoms with van der Waals surface area (Å²) < 4.78 is 6.04. The minimum atomic E-state index is 0.482. The van der Waals surface area contributed by atoms with Crippen molar-refractivity contribution in [3.8, 4) is 22.9 Å². The zero-order valence-electron chi connectivity index (χ0n) is 13.4. The van der Waals surface area contributed by atoms with E-state index in [2.05, 4.69) is 29.5 Å². The number of anilines is 2. The molecule has 2 aromatic heterocycles. The molecule has 0 aliphatic carbocycles. The molecule has 3 aromatic rings. The lowest BCUT2D eigenvalue weighted by atomic mass is 10.2. The lowest BCUT2D eigenvalue weighted by Crippen LogP contribution is -2.07. The second-order valence-electron chi connectivity index (χ2n) is 5.17. The van der Waals surface area contributed by atoms with E-state index in [1.165, 1.54) is 0 Å². The first-order valence-electron chi connectivity index (χ1n) is 7.38. The molecule has 0 radical (unpaired) electrons. The Balaban J connectivity index is 2.03. The monoisotopic (exact) mass is 339 g/mol. The summed E-state index contributed by atoms with van der Waals surface area (Å²) in [5.41, 5.74) is 9.11. The maximum atomic E-state index is 6.04. The van der Waals surface area contributed by atoms with Gasteiger partial charge >= 0.3 is 0 Å². The van der Waals surface area contributed by atoms with Crippen molar-refractivity contribution in [3.05, 3.63) is 48.3 Å². The van der Waals surface area contributed by atoms with Gasteiger partial charge in [-0.3, -0.25) is 0 Å². The van der Waals surface area contributed by atoms with E-state index in [-0.39, 0.29) is 0 Å². The van der Waals surface area contributed by atoms with Gasteiger partial charge in [-0.15, -0.1) is 9.24 Å². The number of nitrogens with one attached hydrogen (secondary N) is 1. The summed E-state index contributed by atoms with van der Waals surface area (Å²) in [7, 11) is 4.41. The van der Waals surface area contributed by atoms with Gasteiger partial charge in [-0.25, -0.2) is 15.0 Å². The molecule has 24 heavy (non-hydrogen) atoms. The minimum Gasteiger partial charge on any atom is -0.438 e. The molecule has 1 atom stereocenters. The highest BCUT2D eigenvalue weighted by Gasteiger charge is 2.13. The fourth-order valence-electron chi connectivity index (χ4n) is 2.24. The number of benzene rings is 1. The predicted molar refractivity (Wildman–Crippen MR) is 99.8 cm³/mol. The molecule has 1 aromatic carbocycles. The summed E-state index contributed by atoms with van der Waals surface area (Å²) in [5, 5.41) is 3.85. The SMILES string of the molecule is CNc1nccc(-c2cccnc2Oc2ccc(N)c(P)c2C)n1. The van der Waals surface area contributed by atoms with E-state index < -0.39 is 0 Å². The van der Waals surface area contributed by atoms with Crippen molar-refractivity contribution < 1.29 is 4.74 Å². The predicted octanol–water partition coefficient (Wildman–Crippen LogP) is 2.76. The number of ether oxygens (including phenoxy) is 1. The molecule has 0 fully saturated rings. The summed E-state index contributed by atoms with van der Waals surface area (Å²) in [6, 6.07) is 9.24. The van der Waals surface area contributed by atoms with E-state index in [0.717, 1.165) is 22.1 Å². The van der Waals surface area contributed by atoms with E-state index >= 15 is 0 Å². The number of aromatic nitrogens is 3. The smallest absolute Gasteiger partial charge is 0.228 e. The number of nitrogens with two attached hydrogens (primary N) is 1. The zero-order valence-corrected chi connectivity index (χ0v) is 14.6. The fourth-order valence-corrected chi connectivity index (χ4v) is 2.48. The zero-order chi connectivity index (χ0) is 17.1. The van der Waals surface area contributed by atoms with Crippen LogP contribution in [0.2, 0.25) is 0 Å². The summed E-state index contributed by atoms with van der Waals surface area (Å²) >= 11 is 0. The molecule has 0 bridgehead atoms. The average Bonchev–Trinajstić information content (AvgIpc) is 2.62. The topological polar surface area (TPSA) is 86.0 Å². The summed E-state index contributed by atoms with van der Waals surface area (Å²) in [5.74, 6) is 1.73. The highest BCUT2D eigenvalue weighted by atomic mass is 31.0. The van der Waals surface area contributed by atoms with Crippen molar-refractivity contribution in [2.24, 2.45) is 0 Å². The Morgan fingerprint density at radius 2 is 1.96 bits per heavy atom. The molecule has 0 amide bonds. The van der Waals surface area contributed by atoms with Crippen molar-refractivity contribution in [3.63, 3.8) is 0 Å². The van der Waals surface area contributed by atoms with Crippen LogP contribution in [0.25, 0.3) is 11.3 Å². The van der Waals surface area contributed by atoms with Gasteiger partial charge in [0, 0.05) is 30.7 Å². The number of nitrogens with zero attached hydrogens (tertiary/aromatic N) is 3. The van der Waals surface area contributed by atoms with Gasteiger partial charge in [0.25, 0.3) is 0 Å². The number of hydrogen-bond acceptors (Lipinski definition) is 6. The molecule has 0 aliphatic heterocycles. The molecule has 0 saturated carbocycles. The van der Waals surface area contributed by atoms with Crippen LogP contribution in [0.4, 0.5) is 11.6 Å². The second kappa shape index (κ2) is 6.81. The van der Waals surface area contributed by atoms with Crippen LogP contribution in [0.1, 0.15) is 5.56 Å². The highest BCUT2D eigenvalue weighted by Crippen LogP contribution is 2.32. The van der Waals surface area contributed by atoms with Gasteiger partial charge in [0.2, 0.25) is 11.8 Å². The standard InChI is InChI=1S/C17H18N5OP/c1-10-14(6-5-12(18)15(10)24)23-16-11(4-3-8-20-16)13-7-9-21-17(19-2)22-13/h3-9H,18,24H2,1-2H3,(H,19,21,22). The molecule has 2 heterocycles. The summed E-state index contributed by atoms with van der Waals surface area (Å²) in [6.45, 7) is 1.96. The van der Waals surface area contributed by atoms with Gasteiger partial charge in [0.1, 0.15) is 5.75 Å². The van der Waals surface area contributed by atoms with E-state index in [0.29, 0.717) is 23.3 Å². The van der Waals surface area contributed by atoms with Crippen LogP contribution in [0.15, 0.2) is 42.7 Å². The van der Waals surface area contributed by atoms with Crippen LogP contribution in [-0.4, -0.2) is 22.0 Å². The van der Waals surface area contributed by atoms with Gasteiger partial charge in [-0.2, -0.15) is 0 Å². The largest absolute Gasteiger partial charge is 0.438 e. The number of nitrogen functional groups attached to an aromatic ring is 1. The molecule has 0 spiro atoms. The van der Waals surface area contributed by atoms with Crippen LogP contribution in [0, 0.1) is 6.92 Å². The van der Waals surface area contributed by atoms with E-state index in [1.807, 2.05) is 37.3 Å². The Kier molecular flexibility index (Phi) is 4.58. The van der Waals surface area contributed by atoms with Gasteiger partial charge in [0.05, 0.1) is 11.3 Å². The van der Waals surface area contributed by atoms with Crippen LogP contribution < -0.4 is 21.1 Å². The van der Waals surface area contributed by atoms with Gasteiger partial charge in [-0.05, 0) is 42.6 Å². The third-order valence-electron chi connectivity index (χ3n) is 3.63. The van der Waals surface area contributed by atoms with Gasteiger partial charge < -0.3 is 15.8 Å². The van der Waals surface area contributed by atoms with Crippen molar-refractivity contribution in [2.45, 2.75) is 6.92 Å². The fraction of sp³-hybridized carbons (Fsp3) is 0.118. The molecule has 0 aliphatic rings. The van der Waals surface area contributed by atoms with Crippen molar-refractivity contribution in [2.75, 3.05) is 18.1 Å². The third kappa shape index (κ3) is 3.14. The average molecular weight is 339 g/mol. The molecule has 7 heteroatoms. The van der Waals surface area contributed by atoms with E-state index in [4.69, 9.17) is 10.5 Å². The molecule has 3 N–H and O–H groups in total. The summed E-state index contributed by atoms with van der Waals surface area (Å²) in [6.07, 6.45) is 3.38. The van der Waals surface area contributed by atoms with Crippen molar-refractivity contribution >= 4 is 26.2 Å². The lowest BCUT2D eigenvalue weighted by Gasteiger charge is -2.14. The molecular weight excluding hydrogens is 321 g/mol. The normalized spacial score (nSPS) is 10.5. The van der Waals surface area contributed by atoms with Crippen molar-refractivity contribution in [1.29, 1.82) is 0 Å². The summed E-state index contributed by atoms with van der Waals surface area (Å²) in [4.78, 5) is 12.9. The second-order valence-corrected chi connectivity index (χ2v) is 5.74. The first-order chi connectivity index (χ1) is 11.6. The molecule has 6 nitrogen and oxygen atoms in total. The number of rotatable bonds is 4. The van der Waals surface area contributed by atoms with E-state index in [9.17, 15) is 0 Å². The Hall–Kier alpha value is -2.72. The van der Waals surface area contributed by atoms with Crippen LogP contribution in [0.3, 0.4) is 0 Å².